The molecule has 0 fully saturated rings. The van der Waals surface area contributed by atoms with Gasteiger partial charge in [0.05, 0.1) is 0 Å². The molecule has 3 N–H and O–H groups in total. The molecule has 0 unspecified atom stereocenters. The highest BCUT2D eigenvalue weighted by Crippen LogP contribution is 2.10. The SMILES string of the molecule is CC(C)c1noc(CCCN=C(N)Nc2ccccc2)n1. The van der Waals surface area contributed by atoms with Gasteiger partial charge in [0.25, 0.3) is 0 Å². The molecule has 112 valence electrons. The molecule has 6 nitrogen and oxygen atoms in total. The van der Waals surface area contributed by atoms with E-state index in [1.807, 2.05) is 44.2 Å². The van der Waals surface area contributed by atoms with Crippen molar-refractivity contribution in [3.05, 3.63) is 42.0 Å². The van der Waals surface area contributed by atoms with E-state index < -0.39 is 0 Å². The molecule has 0 aliphatic carbocycles. The van der Waals surface area contributed by atoms with Crippen molar-refractivity contribution >= 4 is 11.6 Å². The maximum Gasteiger partial charge on any atom is 0.226 e. The van der Waals surface area contributed by atoms with Crippen molar-refractivity contribution < 1.29 is 4.52 Å². The molecule has 1 aromatic heterocycles. The van der Waals surface area contributed by atoms with Crippen LogP contribution < -0.4 is 11.1 Å². The third-order valence-electron chi connectivity index (χ3n) is 2.88. The number of anilines is 1. The Morgan fingerprint density at radius 1 is 1.33 bits per heavy atom. The van der Waals surface area contributed by atoms with Crippen LogP contribution in [0.4, 0.5) is 5.69 Å². The highest BCUT2D eigenvalue weighted by atomic mass is 16.5. The summed E-state index contributed by atoms with van der Waals surface area (Å²) in [5.41, 5.74) is 6.74. The molecule has 0 bridgehead atoms. The number of hydrogen-bond acceptors (Lipinski definition) is 4. The normalized spacial score (nSPS) is 11.9. The van der Waals surface area contributed by atoms with Crippen molar-refractivity contribution in [2.24, 2.45) is 10.7 Å². The van der Waals surface area contributed by atoms with Gasteiger partial charge in [-0.15, -0.1) is 0 Å². The largest absolute Gasteiger partial charge is 0.370 e. The first-order valence-electron chi connectivity index (χ1n) is 7.09. The molecule has 0 amide bonds. The number of nitrogens with zero attached hydrogens (tertiary/aromatic N) is 3. The summed E-state index contributed by atoms with van der Waals surface area (Å²) in [5.74, 6) is 2.10. The van der Waals surface area contributed by atoms with Gasteiger partial charge in [-0.3, -0.25) is 4.99 Å². The standard InChI is InChI=1S/C15H21N5O/c1-11(2)14-19-13(21-20-14)9-6-10-17-15(16)18-12-7-4-3-5-8-12/h3-5,7-8,11H,6,9-10H2,1-2H3,(H3,16,17,18). The fourth-order valence-corrected chi connectivity index (χ4v) is 1.74. The number of benzene rings is 1. The number of rotatable bonds is 6. The van der Waals surface area contributed by atoms with E-state index in [1.165, 1.54) is 0 Å². The molecule has 2 aromatic rings. The Morgan fingerprint density at radius 3 is 2.76 bits per heavy atom. The fourth-order valence-electron chi connectivity index (χ4n) is 1.74. The minimum absolute atomic E-state index is 0.284. The topological polar surface area (TPSA) is 89.3 Å². The Morgan fingerprint density at radius 2 is 2.10 bits per heavy atom. The minimum atomic E-state index is 0.284. The summed E-state index contributed by atoms with van der Waals surface area (Å²) in [6.07, 6.45) is 1.53. The number of nitrogens with one attached hydrogen (secondary N) is 1. The Labute approximate surface area is 124 Å². The Kier molecular flexibility index (Phi) is 5.31. The van der Waals surface area contributed by atoms with Crippen molar-refractivity contribution in [2.75, 3.05) is 11.9 Å². The van der Waals surface area contributed by atoms with Crippen LogP contribution in [0, 0.1) is 0 Å². The molecule has 0 saturated heterocycles. The summed E-state index contributed by atoms with van der Waals surface area (Å²) < 4.78 is 5.17. The highest BCUT2D eigenvalue weighted by Gasteiger charge is 2.08. The van der Waals surface area contributed by atoms with Gasteiger partial charge in [0.15, 0.2) is 11.8 Å². The molecule has 21 heavy (non-hydrogen) atoms. The Hall–Kier alpha value is -2.37. The van der Waals surface area contributed by atoms with Gasteiger partial charge in [-0.05, 0) is 18.6 Å². The van der Waals surface area contributed by atoms with E-state index in [0.29, 0.717) is 24.8 Å². The molecular formula is C15H21N5O. The second kappa shape index (κ2) is 7.42. The van der Waals surface area contributed by atoms with Crippen molar-refractivity contribution in [1.29, 1.82) is 0 Å². The maximum atomic E-state index is 5.82. The van der Waals surface area contributed by atoms with E-state index in [1.54, 1.807) is 0 Å². The van der Waals surface area contributed by atoms with Crippen LogP contribution in [0.1, 0.15) is 37.9 Å². The first kappa shape index (κ1) is 15.0. The quantitative estimate of drug-likeness (QED) is 0.484. The monoisotopic (exact) mass is 287 g/mol. The molecule has 0 atom stereocenters. The molecule has 1 aromatic carbocycles. The third-order valence-corrected chi connectivity index (χ3v) is 2.88. The van der Waals surface area contributed by atoms with Crippen molar-refractivity contribution in [3.63, 3.8) is 0 Å². The van der Waals surface area contributed by atoms with Crippen molar-refractivity contribution in [1.82, 2.24) is 10.1 Å². The lowest BCUT2D eigenvalue weighted by molar-refractivity contribution is 0.369. The molecule has 0 radical (unpaired) electrons. The number of para-hydroxylation sites is 1. The number of hydrogen-bond donors (Lipinski definition) is 2. The van der Waals surface area contributed by atoms with E-state index in [9.17, 15) is 0 Å². The van der Waals surface area contributed by atoms with Gasteiger partial charge in [0.1, 0.15) is 0 Å². The number of aliphatic imine (C=N–C) groups is 1. The van der Waals surface area contributed by atoms with E-state index in [-0.39, 0.29) is 5.92 Å². The predicted octanol–water partition coefficient (Wildman–Crippen LogP) is 2.55. The second-order valence-electron chi connectivity index (χ2n) is 5.06. The van der Waals surface area contributed by atoms with Crippen LogP contribution in [0.25, 0.3) is 0 Å². The summed E-state index contributed by atoms with van der Waals surface area (Å²) in [5, 5.41) is 6.96. The average molecular weight is 287 g/mol. The van der Waals surface area contributed by atoms with Crippen molar-refractivity contribution in [3.8, 4) is 0 Å². The lowest BCUT2D eigenvalue weighted by atomic mass is 10.2. The molecule has 1 heterocycles. The highest BCUT2D eigenvalue weighted by molar-refractivity contribution is 5.92. The van der Waals surface area contributed by atoms with E-state index >= 15 is 0 Å². The number of aryl methyl sites for hydroxylation is 1. The third kappa shape index (κ3) is 4.91. The smallest absolute Gasteiger partial charge is 0.226 e. The predicted molar refractivity (Wildman–Crippen MR) is 83.3 cm³/mol. The summed E-state index contributed by atoms with van der Waals surface area (Å²) in [6.45, 7) is 4.69. The van der Waals surface area contributed by atoms with Crippen LogP contribution in [0.3, 0.4) is 0 Å². The van der Waals surface area contributed by atoms with Gasteiger partial charge >= 0.3 is 0 Å². The lowest BCUT2D eigenvalue weighted by Crippen LogP contribution is -2.22. The minimum Gasteiger partial charge on any atom is -0.370 e. The van der Waals surface area contributed by atoms with Crippen LogP contribution >= 0.6 is 0 Å². The van der Waals surface area contributed by atoms with Gasteiger partial charge in [-0.1, -0.05) is 37.2 Å². The van der Waals surface area contributed by atoms with Crippen molar-refractivity contribution in [2.45, 2.75) is 32.6 Å². The van der Waals surface area contributed by atoms with Crippen LogP contribution in [-0.2, 0) is 6.42 Å². The molecule has 2 rings (SSSR count). The molecule has 0 aliphatic rings. The Bertz CT molecular complexity index is 577. The molecule has 0 spiro atoms. The summed E-state index contributed by atoms with van der Waals surface area (Å²) in [7, 11) is 0. The second-order valence-corrected chi connectivity index (χ2v) is 5.06. The van der Waals surface area contributed by atoms with E-state index in [2.05, 4.69) is 20.4 Å². The van der Waals surface area contributed by atoms with Gasteiger partial charge < -0.3 is 15.6 Å². The first-order chi connectivity index (χ1) is 10.1. The van der Waals surface area contributed by atoms with Crippen LogP contribution in [0.2, 0.25) is 0 Å². The lowest BCUT2D eigenvalue weighted by Gasteiger charge is -2.04. The zero-order valence-corrected chi connectivity index (χ0v) is 12.4. The molecular weight excluding hydrogens is 266 g/mol. The number of guanidine groups is 1. The summed E-state index contributed by atoms with van der Waals surface area (Å²) in [6, 6.07) is 9.71. The van der Waals surface area contributed by atoms with E-state index in [4.69, 9.17) is 10.3 Å². The van der Waals surface area contributed by atoms with Crippen LogP contribution in [0.5, 0.6) is 0 Å². The average Bonchev–Trinajstić information content (AvgIpc) is 2.94. The van der Waals surface area contributed by atoms with Crippen LogP contribution in [-0.4, -0.2) is 22.6 Å². The summed E-state index contributed by atoms with van der Waals surface area (Å²) >= 11 is 0. The zero-order chi connectivity index (χ0) is 15.1. The Balaban J connectivity index is 1.74. The van der Waals surface area contributed by atoms with Crippen LogP contribution in [0.15, 0.2) is 39.8 Å². The molecule has 0 aliphatic heterocycles. The first-order valence-corrected chi connectivity index (χ1v) is 7.09. The van der Waals surface area contributed by atoms with Gasteiger partial charge in [0.2, 0.25) is 5.89 Å². The number of nitrogens with two attached hydrogens (primary N) is 1. The fraction of sp³-hybridized carbons (Fsp3) is 0.400. The van der Waals surface area contributed by atoms with Gasteiger partial charge in [-0.25, -0.2) is 0 Å². The van der Waals surface area contributed by atoms with E-state index in [0.717, 1.165) is 17.9 Å². The van der Waals surface area contributed by atoms with Gasteiger partial charge in [-0.2, -0.15) is 4.98 Å². The zero-order valence-electron chi connectivity index (χ0n) is 12.4. The summed E-state index contributed by atoms with van der Waals surface area (Å²) in [4.78, 5) is 8.59. The van der Waals surface area contributed by atoms with Gasteiger partial charge in [0, 0.05) is 24.6 Å². The molecule has 0 saturated carbocycles. The number of aromatic nitrogens is 2. The maximum absolute atomic E-state index is 5.82. The molecule has 6 heteroatoms.